The average molecular weight is 185 g/mol. The number of nitrogens with zero attached hydrogens (tertiary/aromatic N) is 1. The molecule has 2 unspecified atom stereocenters. The van der Waals surface area contributed by atoms with Gasteiger partial charge in [0.1, 0.15) is 5.78 Å². The summed E-state index contributed by atoms with van der Waals surface area (Å²) < 4.78 is 0. The maximum atomic E-state index is 11.0. The zero-order valence-electron chi connectivity index (χ0n) is 9.63. The Labute approximate surface area is 82.3 Å². The molecule has 2 atom stereocenters. The lowest BCUT2D eigenvalue weighted by Gasteiger charge is -2.32. The number of carbonyl (C=O) groups excluding carboxylic acids is 1. The van der Waals surface area contributed by atoms with Crippen molar-refractivity contribution in [1.29, 1.82) is 0 Å². The van der Waals surface area contributed by atoms with Crippen LogP contribution >= 0.6 is 0 Å². The molecule has 0 aromatic rings. The molecule has 78 valence electrons. The number of ketones is 1. The molecule has 0 bridgehead atoms. The monoisotopic (exact) mass is 185 g/mol. The summed E-state index contributed by atoms with van der Waals surface area (Å²) in [5.41, 5.74) is 0. The van der Waals surface area contributed by atoms with Gasteiger partial charge >= 0.3 is 0 Å². The highest BCUT2D eigenvalue weighted by Gasteiger charge is 2.17. The lowest BCUT2D eigenvalue weighted by atomic mass is 10.1. The van der Waals surface area contributed by atoms with Gasteiger partial charge in [0.05, 0.1) is 0 Å². The summed E-state index contributed by atoms with van der Waals surface area (Å²) in [6.45, 7) is 11.4. The molecule has 0 fully saturated rings. The minimum atomic E-state index is 0.286. The van der Waals surface area contributed by atoms with Crippen LogP contribution in [0.15, 0.2) is 0 Å². The fraction of sp³-hybridized carbons (Fsp3) is 0.909. The van der Waals surface area contributed by atoms with E-state index in [-0.39, 0.29) is 5.78 Å². The molecule has 2 heteroatoms. The van der Waals surface area contributed by atoms with Crippen molar-refractivity contribution < 1.29 is 4.79 Å². The Morgan fingerprint density at radius 2 is 1.77 bits per heavy atom. The van der Waals surface area contributed by atoms with E-state index < -0.39 is 0 Å². The topological polar surface area (TPSA) is 20.3 Å². The van der Waals surface area contributed by atoms with Crippen LogP contribution in [0.25, 0.3) is 0 Å². The third-order valence-electron chi connectivity index (χ3n) is 2.67. The van der Waals surface area contributed by atoms with Gasteiger partial charge in [-0.3, -0.25) is 9.69 Å². The van der Waals surface area contributed by atoms with Gasteiger partial charge in [0.25, 0.3) is 0 Å². The van der Waals surface area contributed by atoms with Crippen molar-refractivity contribution in [2.24, 2.45) is 0 Å². The van der Waals surface area contributed by atoms with Crippen molar-refractivity contribution in [2.75, 3.05) is 6.54 Å². The first-order valence-electron chi connectivity index (χ1n) is 5.28. The van der Waals surface area contributed by atoms with E-state index in [0.717, 1.165) is 13.0 Å². The smallest absolute Gasteiger partial charge is 0.131 e. The number of carbonyl (C=O) groups is 1. The Bertz CT molecular complexity index is 156. The van der Waals surface area contributed by atoms with Crippen molar-refractivity contribution in [3.63, 3.8) is 0 Å². The SMILES string of the molecule is CCC(C)N(CC)C(C)CC(C)=O. The second kappa shape index (κ2) is 6.14. The number of Topliss-reactive ketones (excluding diaryl/α,β-unsaturated/α-hetero) is 1. The van der Waals surface area contributed by atoms with Gasteiger partial charge in [0.2, 0.25) is 0 Å². The summed E-state index contributed by atoms with van der Waals surface area (Å²) in [5, 5.41) is 0. The van der Waals surface area contributed by atoms with Crippen LogP contribution in [-0.2, 0) is 4.79 Å². The maximum absolute atomic E-state index is 11.0. The second-order valence-electron chi connectivity index (χ2n) is 3.84. The molecule has 0 heterocycles. The molecular formula is C11H23NO. The first kappa shape index (κ1) is 12.6. The Kier molecular flexibility index (Phi) is 5.97. The maximum Gasteiger partial charge on any atom is 0.131 e. The lowest BCUT2D eigenvalue weighted by molar-refractivity contribution is -0.118. The van der Waals surface area contributed by atoms with Crippen LogP contribution in [-0.4, -0.2) is 29.3 Å². The minimum Gasteiger partial charge on any atom is -0.300 e. The summed E-state index contributed by atoms with van der Waals surface area (Å²) in [5.74, 6) is 0.286. The third-order valence-corrected chi connectivity index (χ3v) is 2.67. The molecule has 2 nitrogen and oxygen atoms in total. The molecule has 0 rings (SSSR count). The Hall–Kier alpha value is -0.370. The summed E-state index contributed by atoms with van der Waals surface area (Å²) >= 11 is 0. The predicted molar refractivity (Wildman–Crippen MR) is 56.9 cm³/mol. The Morgan fingerprint density at radius 3 is 2.08 bits per heavy atom. The first-order chi connectivity index (χ1) is 6.02. The molecule has 0 amide bonds. The molecule has 0 saturated heterocycles. The van der Waals surface area contributed by atoms with Gasteiger partial charge in [-0.2, -0.15) is 0 Å². The van der Waals surface area contributed by atoms with E-state index in [2.05, 4.69) is 32.6 Å². The van der Waals surface area contributed by atoms with Crippen LogP contribution in [0, 0.1) is 0 Å². The van der Waals surface area contributed by atoms with Crippen LogP contribution < -0.4 is 0 Å². The Morgan fingerprint density at radius 1 is 1.23 bits per heavy atom. The van der Waals surface area contributed by atoms with Crippen LogP contribution in [0.3, 0.4) is 0 Å². The van der Waals surface area contributed by atoms with E-state index in [0.29, 0.717) is 18.5 Å². The lowest BCUT2D eigenvalue weighted by Crippen LogP contribution is -2.40. The molecular weight excluding hydrogens is 162 g/mol. The van der Waals surface area contributed by atoms with Gasteiger partial charge in [-0.1, -0.05) is 13.8 Å². The second-order valence-corrected chi connectivity index (χ2v) is 3.84. The highest BCUT2D eigenvalue weighted by molar-refractivity contribution is 5.76. The molecule has 0 aromatic heterocycles. The highest BCUT2D eigenvalue weighted by atomic mass is 16.1. The molecule has 13 heavy (non-hydrogen) atoms. The molecule has 0 aliphatic carbocycles. The average Bonchev–Trinajstić information content (AvgIpc) is 2.03. The largest absolute Gasteiger partial charge is 0.300 e. The number of rotatable bonds is 6. The fourth-order valence-corrected chi connectivity index (χ4v) is 1.83. The van der Waals surface area contributed by atoms with E-state index in [4.69, 9.17) is 0 Å². The summed E-state index contributed by atoms with van der Waals surface area (Å²) in [7, 11) is 0. The van der Waals surface area contributed by atoms with E-state index in [1.807, 2.05) is 0 Å². The van der Waals surface area contributed by atoms with Crippen LogP contribution in [0.1, 0.15) is 47.5 Å². The van der Waals surface area contributed by atoms with Gasteiger partial charge in [0, 0.05) is 18.5 Å². The first-order valence-corrected chi connectivity index (χ1v) is 5.28. The van der Waals surface area contributed by atoms with Crippen molar-refractivity contribution in [3.8, 4) is 0 Å². The summed E-state index contributed by atoms with van der Waals surface area (Å²) in [6.07, 6.45) is 1.83. The molecule has 0 radical (unpaired) electrons. The van der Waals surface area contributed by atoms with Gasteiger partial charge in [-0.15, -0.1) is 0 Å². The van der Waals surface area contributed by atoms with Crippen molar-refractivity contribution in [1.82, 2.24) is 4.90 Å². The van der Waals surface area contributed by atoms with E-state index >= 15 is 0 Å². The molecule has 0 N–H and O–H groups in total. The third kappa shape index (κ3) is 4.41. The summed E-state index contributed by atoms with van der Waals surface area (Å²) in [6, 6.07) is 0.969. The van der Waals surface area contributed by atoms with Crippen LogP contribution in [0.4, 0.5) is 0 Å². The van der Waals surface area contributed by atoms with Crippen molar-refractivity contribution in [3.05, 3.63) is 0 Å². The van der Waals surface area contributed by atoms with Crippen LogP contribution in [0.2, 0.25) is 0 Å². The number of hydrogen-bond donors (Lipinski definition) is 0. The summed E-state index contributed by atoms with van der Waals surface area (Å²) in [4.78, 5) is 13.3. The van der Waals surface area contributed by atoms with Gasteiger partial charge in [-0.25, -0.2) is 0 Å². The van der Waals surface area contributed by atoms with E-state index in [1.165, 1.54) is 0 Å². The quantitative estimate of drug-likeness (QED) is 0.633. The Balaban J connectivity index is 4.13. The minimum absolute atomic E-state index is 0.286. The molecule has 0 saturated carbocycles. The molecule has 0 aliphatic rings. The van der Waals surface area contributed by atoms with Gasteiger partial charge < -0.3 is 0 Å². The fourth-order valence-electron chi connectivity index (χ4n) is 1.83. The van der Waals surface area contributed by atoms with Crippen molar-refractivity contribution in [2.45, 2.75) is 59.5 Å². The zero-order chi connectivity index (χ0) is 10.4. The predicted octanol–water partition coefficient (Wildman–Crippen LogP) is 2.47. The standard InChI is InChI=1S/C11H23NO/c1-6-9(3)12(7-2)10(4)8-11(5)13/h9-10H,6-8H2,1-5H3. The van der Waals surface area contributed by atoms with E-state index in [1.54, 1.807) is 6.92 Å². The number of hydrogen-bond acceptors (Lipinski definition) is 2. The van der Waals surface area contributed by atoms with Gasteiger partial charge in [0.15, 0.2) is 0 Å². The zero-order valence-corrected chi connectivity index (χ0v) is 9.63. The normalized spacial score (nSPS) is 15.8. The molecule has 0 aromatic carbocycles. The van der Waals surface area contributed by atoms with Crippen LogP contribution in [0.5, 0.6) is 0 Å². The molecule has 0 spiro atoms. The van der Waals surface area contributed by atoms with E-state index in [9.17, 15) is 4.79 Å². The highest BCUT2D eigenvalue weighted by Crippen LogP contribution is 2.11. The molecule has 0 aliphatic heterocycles. The van der Waals surface area contributed by atoms with Gasteiger partial charge in [-0.05, 0) is 33.7 Å². The van der Waals surface area contributed by atoms with Crippen molar-refractivity contribution >= 4 is 5.78 Å².